The van der Waals surface area contributed by atoms with Gasteiger partial charge in [-0.2, -0.15) is 0 Å². The van der Waals surface area contributed by atoms with Gasteiger partial charge in [-0.1, -0.05) is 38.0 Å². The summed E-state index contributed by atoms with van der Waals surface area (Å²) in [5, 5.41) is 0. The first-order chi connectivity index (χ1) is 11.8. The first-order valence-corrected chi connectivity index (χ1v) is 9.83. The minimum Gasteiger partial charge on any atom is -0.469 e. The van der Waals surface area contributed by atoms with Crippen LogP contribution in [0.2, 0.25) is 0 Å². The van der Waals surface area contributed by atoms with Crippen LogP contribution in [-0.2, 0) is 14.3 Å². The average Bonchev–Trinajstić information content (AvgIpc) is 2.85. The average molecular weight is 342 g/mol. The van der Waals surface area contributed by atoms with Crippen molar-refractivity contribution in [2.75, 3.05) is 7.11 Å². The molecule has 0 aromatic rings. The Bertz CT molecular complexity index is 687. The Morgan fingerprint density at radius 3 is 2.76 bits per heavy atom. The molecule has 2 fully saturated rings. The molecule has 0 spiro atoms. The number of carbonyl (C=O) groups excluding carboxylic acids is 2. The minimum atomic E-state index is -0.0276. The highest BCUT2D eigenvalue weighted by Crippen LogP contribution is 2.65. The SMILES string of the molecule is COC(=O)[C@H]1[C@H](C)C[C@H]2[C@@H]3CCC4=CC(=O)CC[C@]4(C)C3=CC[C@@]21C. The molecule has 0 aromatic heterocycles. The Morgan fingerprint density at radius 1 is 1.28 bits per heavy atom. The zero-order valence-electron chi connectivity index (χ0n) is 15.9. The molecular formula is C22H30O3. The molecule has 0 saturated heterocycles. The summed E-state index contributed by atoms with van der Waals surface area (Å²) in [6.07, 6.45) is 10.2. The number of esters is 1. The van der Waals surface area contributed by atoms with Crippen LogP contribution < -0.4 is 0 Å². The van der Waals surface area contributed by atoms with Crippen LogP contribution in [0.15, 0.2) is 23.3 Å². The van der Waals surface area contributed by atoms with Crippen molar-refractivity contribution in [2.45, 2.75) is 59.3 Å². The largest absolute Gasteiger partial charge is 0.469 e. The molecule has 25 heavy (non-hydrogen) atoms. The van der Waals surface area contributed by atoms with Gasteiger partial charge in [0.15, 0.2) is 5.78 Å². The number of hydrogen-bond donors (Lipinski definition) is 0. The lowest BCUT2D eigenvalue weighted by Crippen LogP contribution is -2.45. The van der Waals surface area contributed by atoms with Gasteiger partial charge in [-0.25, -0.2) is 0 Å². The Labute approximate surface area is 150 Å². The second-order valence-electron chi connectivity index (χ2n) is 9.30. The van der Waals surface area contributed by atoms with Crippen molar-refractivity contribution in [3.05, 3.63) is 23.3 Å². The number of methoxy groups -OCH3 is 1. The summed E-state index contributed by atoms with van der Waals surface area (Å²) in [6.45, 7) is 6.89. The van der Waals surface area contributed by atoms with Crippen molar-refractivity contribution in [3.8, 4) is 0 Å². The number of ketones is 1. The maximum absolute atomic E-state index is 12.5. The number of rotatable bonds is 1. The Balaban J connectivity index is 1.74. The van der Waals surface area contributed by atoms with Crippen molar-refractivity contribution in [1.82, 2.24) is 0 Å². The summed E-state index contributed by atoms with van der Waals surface area (Å²) >= 11 is 0. The van der Waals surface area contributed by atoms with Crippen LogP contribution in [0.4, 0.5) is 0 Å². The normalized spacial score (nSPS) is 45.7. The van der Waals surface area contributed by atoms with Crippen LogP contribution in [0.3, 0.4) is 0 Å². The van der Waals surface area contributed by atoms with Crippen LogP contribution in [0.25, 0.3) is 0 Å². The second-order valence-corrected chi connectivity index (χ2v) is 9.30. The molecule has 0 bridgehead atoms. The lowest BCUT2D eigenvalue weighted by Gasteiger charge is -2.53. The third kappa shape index (κ3) is 2.23. The fourth-order valence-electron chi connectivity index (χ4n) is 6.85. The molecule has 0 aromatic carbocycles. The first-order valence-electron chi connectivity index (χ1n) is 9.83. The van der Waals surface area contributed by atoms with E-state index >= 15 is 0 Å². The molecule has 4 aliphatic carbocycles. The number of hydrogen-bond acceptors (Lipinski definition) is 3. The van der Waals surface area contributed by atoms with Crippen molar-refractivity contribution < 1.29 is 14.3 Å². The molecule has 4 rings (SSSR count). The van der Waals surface area contributed by atoms with Crippen LogP contribution in [0.5, 0.6) is 0 Å². The summed E-state index contributed by atoms with van der Waals surface area (Å²) in [5.41, 5.74) is 3.01. The van der Waals surface area contributed by atoms with Gasteiger partial charge in [0, 0.05) is 11.8 Å². The summed E-state index contributed by atoms with van der Waals surface area (Å²) in [7, 11) is 1.52. The Hall–Kier alpha value is -1.38. The van der Waals surface area contributed by atoms with Crippen LogP contribution in [-0.4, -0.2) is 18.9 Å². The topological polar surface area (TPSA) is 43.4 Å². The monoisotopic (exact) mass is 342 g/mol. The zero-order valence-corrected chi connectivity index (χ0v) is 15.9. The maximum Gasteiger partial charge on any atom is 0.309 e. The predicted octanol–water partition coefficient (Wildman–Crippen LogP) is 4.47. The van der Waals surface area contributed by atoms with E-state index in [1.807, 2.05) is 6.08 Å². The summed E-state index contributed by atoms with van der Waals surface area (Å²) < 4.78 is 5.17. The van der Waals surface area contributed by atoms with E-state index in [4.69, 9.17) is 4.74 Å². The van der Waals surface area contributed by atoms with E-state index in [1.54, 1.807) is 5.57 Å². The van der Waals surface area contributed by atoms with Gasteiger partial charge in [-0.05, 0) is 61.3 Å². The van der Waals surface area contributed by atoms with E-state index in [2.05, 4.69) is 26.8 Å². The van der Waals surface area contributed by atoms with Gasteiger partial charge < -0.3 is 4.74 Å². The van der Waals surface area contributed by atoms with E-state index in [0.717, 1.165) is 32.1 Å². The van der Waals surface area contributed by atoms with E-state index in [0.29, 0.717) is 30.0 Å². The summed E-state index contributed by atoms with van der Waals surface area (Å²) in [5.74, 6) is 1.78. The molecular weight excluding hydrogens is 312 g/mol. The molecule has 3 heteroatoms. The molecule has 3 nitrogen and oxygen atoms in total. The number of carbonyl (C=O) groups is 2. The zero-order chi connectivity index (χ0) is 18.0. The predicted molar refractivity (Wildman–Crippen MR) is 96.7 cm³/mol. The maximum atomic E-state index is 12.5. The standard InChI is InChI=1S/C22H30O3/c1-13-11-18-16-6-5-14-12-15(23)7-9-21(14,2)17(16)8-10-22(18,3)19(13)20(24)25-4/h8,12-13,16,18-19H,5-7,9-11H2,1-4H3/t13-,16-,18+,19-,21+,22+/m1/s1. The molecule has 0 heterocycles. The Morgan fingerprint density at radius 2 is 2.04 bits per heavy atom. The highest BCUT2D eigenvalue weighted by Gasteiger charge is 2.60. The van der Waals surface area contributed by atoms with Gasteiger partial charge in [0.1, 0.15) is 0 Å². The lowest BCUT2D eigenvalue weighted by molar-refractivity contribution is -0.151. The number of allylic oxidation sites excluding steroid dienone is 4. The first kappa shape index (κ1) is 17.1. The van der Waals surface area contributed by atoms with Gasteiger partial charge >= 0.3 is 5.97 Å². The van der Waals surface area contributed by atoms with Crippen LogP contribution in [0, 0.1) is 34.5 Å². The molecule has 0 unspecified atom stereocenters. The third-order valence-electron chi connectivity index (χ3n) is 8.13. The highest BCUT2D eigenvalue weighted by atomic mass is 16.5. The fourth-order valence-corrected chi connectivity index (χ4v) is 6.85. The van der Waals surface area contributed by atoms with Crippen molar-refractivity contribution in [2.24, 2.45) is 34.5 Å². The van der Waals surface area contributed by atoms with Crippen molar-refractivity contribution in [3.63, 3.8) is 0 Å². The summed E-state index contributed by atoms with van der Waals surface area (Å²) in [6, 6.07) is 0. The van der Waals surface area contributed by atoms with Gasteiger partial charge in [0.25, 0.3) is 0 Å². The molecule has 136 valence electrons. The summed E-state index contributed by atoms with van der Waals surface area (Å²) in [4.78, 5) is 24.4. The van der Waals surface area contributed by atoms with E-state index < -0.39 is 0 Å². The smallest absolute Gasteiger partial charge is 0.309 e. The van der Waals surface area contributed by atoms with Crippen LogP contribution in [0.1, 0.15) is 59.3 Å². The van der Waals surface area contributed by atoms with Gasteiger partial charge in [0.05, 0.1) is 13.0 Å². The Kier molecular flexibility index (Phi) is 3.79. The van der Waals surface area contributed by atoms with Gasteiger partial charge in [0.2, 0.25) is 0 Å². The number of fused-ring (bicyclic) bond motifs is 5. The highest BCUT2D eigenvalue weighted by molar-refractivity contribution is 5.92. The molecule has 6 atom stereocenters. The second kappa shape index (κ2) is 5.56. The van der Waals surface area contributed by atoms with Crippen molar-refractivity contribution in [1.29, 1.82) is 0 Å². The molecule has 0 radical (unpaired) electrons. The van der Waals surface area contributed by atoms with Crippen molar-refractivity contribution >= 4 is 11.8 Å². The van der Waals surface area contributed by atoms with E-state index in [-0.39, 0.29) is 22.7 Å². The molecule has 0 N–H and O–H groups in total. The fraction of sp³-hybridized carbons (Fsp3) is 0.727. The van der Waals surface area contributed by atoms with E-state index in [9.17, 15) is 9.59 Å². The quantitative estimate of drug-likeness (QED) is 0.521. The lowest BCUT2D eigenvalue weighted by atomic mass is 9.51. The van der Waals surface area contributed by atoms with Gasteiger partial charge in [-0.3, -0.25) is 9.59 Å². The number of ether oxygens (including phenoxy) is 1. The molecule has 0 amide bonds. The van der Waals surface area contributed by atoms with Crippen LogP contribution >= 0.6 is 0 Å². The third-order valence-corrected chi connectivity index (χ3v) is 8.13. The molecule has 4 aliphatic rings. The minimum absolute atomic E-state index is 0.0120. The molecule has 2 saturated carbocycles. The van der Waals surface area contributed by atoms with E-state index in [1.165, 1.54) is 12.7 Å². The van der Waals surface area contributed by atoms with Gasteiger partial charge in [-0.15, -0.1) is 0 Å². The molecule has 0 aliphatic heterocycles.